The van der Waals surface area contributed by atoms with Crippen molar-refractivity contribution in [1.82, 2.24) is 9.29 Å². The molecule has 0 bridgehead atoms. The molecule has 1 aliphatic carbocycles. The molecule has 1 atom stereocenters. The first-order valence-electron chi connectivity index (χ1n) is 12.1. The smallest absolute Gasteiger partial charge is 0.347 e. The summed E-state index contributed by atoms with van der Waals surface area (Å²) in [5.74, 6) is 0. The van der Waals surface area contributed by atoms with E-state index in [4.69, 9.17) is 0 Å². The minimum Gasteiger partial charge on any atom is -0.347 e. The molecule has 4 rings (SSSR count). The summed E-state index contributed by atoms with van der Waals surface area (Å²) in [6, 6.07) is 1.90. The van der Waals surface area contributed by atoms with Crippen LogP contribution in [-0.4, -0.2) is 24.4 Å². The molecule has 1 fully saturated rings. The van der Waals surface area contributed by atoms with Gasteiger partial charge in [-0.25, -0.2) is 8.42 Å². The van der Waals surface area contributed by atoms with E-state index in [-0.39, 0.29) is 24.9 Å². The van der Waals surface area contributed by atoms with Crippen LogP contribution in [0.5, 0.6) is 0 Å². The van der Waals surface area contributed by atoms with Gasteiger partial charge in [-0.2, -0.15) is 44.2 Å². The Hall–Kier alpha value is -2.74. The molecular weight excluding hydrogens is 575 g/mol. The largest absolute Gasteiger partial charge is 0.417 e. The number of aromatic nitrogens is 1. The standard InChI is InChI=1S/C26H25F9N2O2S/c1-23(2,3)13-37-12-18(22(26(33,34)35)36-40(38,39)14-8-9-14)17-10-20(25(30,31)32)16(11-21(17)37)15-6-4-5-7-19(15)24(27,28)29/h4-7,10-12,14,22,36H,8-9,13H2,1-3H3/t22-/m0/s1. The molecule has 2 aromatic carbocycles. The van der Waals surface area contributed by atoms with E-state index in [1.807, 2.05) is 0 Å². The van der Waals surface area contributed by atoms with Crippen LogP contribution in [0.1, 0.15) is 56.3 Å². The maximum Gasteiger partial charge on any atom is 0.417 e. The molecule has 0 aliphatic heterocycles. The second-order valence-electron chi connectivity index (χ2n) is 11.1. The first-order chi connectivity index (χ1) is 18.1. The zero-order valence-corrected chi connectivity index (χ0v) is 22.2. The van der Waals surface area contributed by atoms with Gasteiger partial charge in [-0.1, -0.05) is 39.0 Å². The van der Waals surface area contributed by atoms with E-state index >= 15 is 0 Å². The molecular formula is C26H25F9N2O2S. The van der Waals surface area contributed by atoms with Crippen LogP contribution in [0.2, 0.25) is 0 Å². The molecule has 220 valence electrons. The van der Waals surface area contributed by atoms with E-state index in [2.05, 4.69) is 0 Å². The van der Waals surface area contributed by atoms with Gasteiger partial charge in [0.05, 0.1) is 16.4 Å². The maximum atomic E-state index is 14.3. The van der Waals surface area contributed by atoms with Crippen LogP contribution in [0.4, 0.5) is 39.5 Å². The molecule has 0 amide bonds. The van der Waals surface area contributed by atoms with Gasteiger partial charge in [0.1, 0.15) is 6.04 Å². The van der Waals surface area contributed by atoms with Gasteiger partial charge in [-0.3, -0.25) is 0 Å². The van der Waals surface area contributed by atoms with Crippen molar-refractivity contribution in [2.75, 3.05) is 0 Å². The Balaban J connectivity index is 2.07. The third-order valence-corrected chi connectivity index (χ3v) is 8.32. The number of rotatable bonds is 6. The maximum absolute atomic E-state index is 14.3. The number of hydrogen-bond acceptors (Lipinski definition) is 2. The zero-order valence-electron chi connectivity index (χ0n) is 21.4. The lowest BCUT2D eigenvalue weighted by molar-refractivity contribution is -0.152. The van der Waals surface area contributed by atoms with Crippen LogP contribution >= 0.6 is 0 Å². The Kier molecular flexibility index (Phi) is 7.31. The van der Waals surface area contributed by atoms with Gasteiger partial charge >= 0.3 is 18.5 Å². The van der Waals surface area contributed by atoms with Crippen molar-refractivity contribution in [3.05, 3.63) is 59.3 Å². The molecule has 4 nitrogen and oxygen atoms in total. The summed E-state index contributed by atoms with van der Waals surface area (Å²) in [4.78, 5) is 0. The van der Waals surface area contributed by atoms with Gasteiger partial charge < -0.3 is 4.57 Å². The van der Waals surface area contributed by atoms with Crippen LogP contribution < -0.4 is 4.72 Å². The van der Waals surface area contributed by atoms with E-state index in [0.717, 1.165) is 30.5 Å². The number of sulfonamides is 1. The predicted molar refractivity (Wildman–Crippen MR) is 131 cm³/mol. The third-order valence-electron chi connectivity index (χ3n) is 6.41. The summed E-state index contributed by atoms with van der Waals surface area (Å²) in [6.07, 6.45) is -14.3. The molecule has 1 saturated carbocycles. The number of hydrogen-bond donors (Lipinski definition) is 1. The van der Waals surface area contributed by atoms with Crippen LogP contribution in [0.25, 0.3) is 22.0 Å². The molecule has 1 heterocycles. The summed E-state index contributed by atoms with van der Waals surface area (Å²) in [7, 11) is -4.45. The molecule has 1 N–H and O–H groups in total. The Morgan fingerprint density at radius 1 is 0.875 bits per heavy atom. The van der Waals surface area contributed by atoms with Gasteiger partial charge in [0.2, 0.25) is 10.0 Å². The van der Waals surface area contributed by atoms with Crippen molar-refractivity contribution in [2.45, 2.75) is 70.0 Å². The lowest BCUT2D eigenvalue weighted by atomic mass is 9.92. The molecule has 0 radical (unpaired) electrons. The van der Waals surface area contributed by atoms with E-state index in [1.54, 1.807) is 25.5 Å². The summed E-state index contributed by atoms with van der Waals surface area (Å²) in [5.41, 5.74) is -6.21. The average molecular weight is 601 g/mol. The Morgan fingerprint density at radius 3 is 1.95 bits per heavy atom. The number of fused-ring (bicyclic) bond motifs is 1. The Bertz CT molecular complexity index is 1520. The van der Waals surface area contributed by atoms with Gasteiger partial charge in [0.25, 0.3) is 0 Å². The van der Waals surface area contributed by atoms with E-state index in [9.17, 15) is 47.9 Å². The molecule has 1 aliphatic rings. The van der Waals surface area contributed by atoms with Crippen LogP contribution in [0.15, 0.2) is 42.6 Å². The van der Waals surface area contributed by atoms with E-state index in [1.165, 1.54) is 4.57 Å². The monoisotopic (exact) mass is 600 g/mol. The lowest BCUT2D eigenvalue weighted by Gasteiger charge is -2.22. The molecule has 3 aromatic rings. The summed E-state index contributed by atoms with van der Waals surface area (Å²) in [5, 5.41) is -1.62. The van der Waals surface area contributed by atoms with Crippen molar-refractivity contribution < 1.29 is 47.9 Å². The normalized spacial score (nSPS) is 16.5. The van der Waals surface area contributed by atoms with Crippen molar-refractivity contribution in [3.8, 4) is 11.1 Å². The first kappa shape index (κ1) is 30.2. The first-order valence-corrected chi connectivity index (χ1v) is 13.6. The highest BCUT2D eigenvalue weighted by Crippen LogP contribution is 2.47. The fourth-order valence-corrected chi connectivity index (χ4v) is 6.14. The number of alkyl halides is 9. The quantitative estimate of drug-likeness (QED) is 0.291. The van der Waals surface area contributed by atoms with Crippen LogP contribution in [0.3, 0.4) is 0 Å². The van der Waals surface area contributed by atoms with Crippen LogP contribution in [-0.2, 0) is 28.9 Å². The molecule has 40 heavy (non-hydrogen) atoms. The second-order valence-corrected chi connectivity index (χ2v) is 13.1. The molecule has 0 spiro atoms. The van der Waals surface area contributed by atoms with Crippen molar-refractivity contribution >= 4 is 20.9 Å². The van der Waals surface area contributed by atoms with E-state index in [0.29, 0.717) is 12.1 Å². The number of nitrogens with one attached hydrogen (secondary N) is 1. The van der Waals surface area contributed by atoms with Crippen molar-refractivity contribution in [2.24, 2.45) is 5.41 Å². The number of benzene rings is 2. The Labute approximate surface area is 224 Å². The second kappa shape index (κ2) is 9.68. The van der Waals surface area contributed by atoms with Gasteiger partial charge in [0, 0.05) is 29.2 Å². The van der Waals surface area contributed by atoms with Crippen molar-refractivity contribution in [1.29, 1.82) is 0 Å². The predicted octanol–water partition coefficient (Wildman–Crippen LogP) is 8.08. The number of nitrogens with zero attached hydrogens (tertiary/aromatic N) is 1. The molecule has 0 saturated heterocycles. The number of halogens is 9. The van der Waals surface area contributed by atoms with Gasteiger partial charge in [0.15, 0.2) is 0 Å². The molecule has 1 aromatic heterocycles. The summed E-state index contributed by atoms with van der Waals surface area (Å²) >= 11 is 0. The molecule has 14 heteroatoms. The van der Waals surface area contributed by atoms with E-state index < -0.39 is 78.5 Å². The fraction of sp³-hybridized carbons (Fsp3) is 0.462. The zero-order chi connectivity index (χ0) is 30.1. The van der Waals surface area contributed by atoms with Crippen LogP contribution in [0, 0.1) is 5.41 Å². The topological polar surface area (TPSA) is 51.1 Å². The average Bonchev–Trinajstić information content (AvgIpc) is 3.59. The summed E-state index contributed by atoms with van der Waals surface area (Å²) in [6.45, 7) is 5.09. The Morgan fingerprint density at radius 2 is 1.45 bits per heavy atom. The fourth-order valence-electron chi connectivity index (χ4n) is 4.60. The third kappa shape index (κ3) is 6.27. The summed E-state index contributed by atoms with van der Waals surface area (Å²) < 4.78 is 155. The van der Waals surface area contributed by atoms with Gasteiger partial charge in [-0.05, 0) is 47.6 Å². The van der Waals surface area contributed by atoms with Gasteiger partial charge in [-0.15, -0.1) is 0 Å². The lowest BCUT2D eigenvalue weighted by Crippen LogP contribution is -2.39. The highest BCUT2D eigenvalue weighted by molar-refractivity contribution is 7.90. The minimum atomic E-state index is -5.26. The minimum absolute atomic E-state index is 0.0326. The SMILES string of the molecule is CC(C)(C)Cn1cc([C@H](NS(=O)(=O)C2CC2)C(F)(F)F)c2cc(C(F)(F)F)c(-c3ccccc3C(F)(F)F)cc21. The highest BCUT2D eigenvalue weighted by atomic mass is 32.2. The molecule has 0 unspecified atom stereocenters. The van der Waals surface area contributed by atoms with Crippen molar-refractivity contribution in [3.63, 3.8) is 0 Å². The highest BCUT2D eigenvalue weighted by Gasteiger charge is 2.48.